The summed E-state index contributed by atoms with van der Waals surface area (Å²) in [5.41, 5.74) is 0.927. The van der Waals surface area contributed by atoms with Crippen molar-refractivity contribution in [2.24, 2.45) is 0 Å². The molecule has 1 saturated heterocycles. The first-order valence-electron chi connectivity index (χ1n) is 9.38. The highest BCUT2D eigenvalue weighted by atomic mass is 16.6. The first-order valence-corrected chi connectivity index (χ1v) is 9.38. The lowest BCUT2D eigenvalue weighted by atomic mass is 9.91. The Hall–Kier alpha value is -2.08. The SMILES string of the molecule is C[C@H]1[C@@H](O)CC[C@@H](CCCCCC(=O)O)N1C(=O)OCc1ccccc1. The molecule has 0 spiro atoms. The minimum atomic E-state index is -0.773. The minimum absolute atomic E-state index is 0.0292. The number of amides is 1. The Morgan fingerprint density at radius 2 is 1.88 bits per heavy atom. The second-order valence-corrected chi connectivity index (χ2v) is 6.98. The van der Waals surface area contributed by atoms with E-state index < -0.39 is 18.2 Å². The van der Waals surface area contributed by atoms with Gasteiger partial charge in [0, 0.05) is 12.5 Å². The van der Waals surface area contributed by atoms with E-state index in [9.17, 15) is 14.7 Å². The predicted octanol–water partition coefficient (Wildman–Crippen LogP) is 3.57. The highest BCUT2D eigenvalue weighted by molar-refractivity contribution is 5.69. The van der Waals surface area contributed by atoms with Crippen LogP contribution in [0.3, 0.4) is 0 Å². The van der Waals surface area contributed by atoms with Gasteiger partial charge in [-0.05, 0) is 38.2 Å². The number of hydrogen-bond donors (Lipinski definition) is 2. The van der Waals surface area contributed by atoms with Crippen LogP contribution in [0.4, 0.5) is 4.79 Å². The third-order valence-electron chi connectivity index (χ3n) is 5.03. The van der Waals surface area contributed by atoms with E-state index in [0.717, 1.165) is 31.2 Å². The molecule has 3 atom stereocenters. The molecule has 0 aliphatic carbocycles. The minimum Gasteiger partial charge on any atom is -0.481 e. The highest BCUT2D eigenvalue weighted by Crippen LogP contribution is 2.28. The highest BCUT2D eigenvalue weighted by Gasteiger charge is 2.37. The Balaban J connectivity index is 1.88. The topological polar surface area (TPSA) is 87.1 Å². The second kappa shape index (κ2) is 10.2. The number of aliphatic hydroxyl groups is 1. The fourth-order valence-corrected chi connectivity index (χ4v) is 3.49. The van der Waals surface area contributed by atoms with Crippen molar-refractivity contribution in [3.63, 3.8) is 0 Å². The lowest BCUT2D eigenvalue weighted by Gasteiger charge is -2.42. The fraction of sp³-hybridized carbons (Fsp3) is 0.600. The van der Waals surface area contributed by atoms with Crippen LogP contribution in [0.25, 0.3) is 0 Å². The number of carbonyl (C=O) groups is 2. The Kier molecular flexibility index (Phi) is 7.91. The molecule has 2 N–H and O–H groups in total. The summed E-state index contributed by atoms with van der Waals surface area (Å²) < 4.78 is 5.47. The molecule has 1 amide bonds. The number of nitrogens with zero attached hydrogens (tertiary/aromatic N) is 1. The molecule has 1 aromatic rings. The van der Waals surface area contributed by atoms with E-state index in [1.165, 1.54) is 0 Å². The van der Waals surface area contributed by atoms with Crippen molar-refractivity contribution < 1.29 is 24.5 Å². The van der Waals surface area contributed by atoms with Crippen molar-refractivity contribution in [3.8, 4) is 0 Å². The van der Waals surface area contributed by atoms with Gasteiger partial charge in [-0.15, -0.1) is 0 Å². The number of piperidine rings is 1. The molecule has 1 aliphatic rings. The van der Waals surface area contributed by atoms with Crippen LogP contribution in [-0.2, 0) is 16.1 Å². The quantitative estimate of drug-likeness (QED) is 0.690. The Labute approximate surface area is 154 Å². The first-order chi connectivity index (χ1) is 12.5. The summed E-state index contributed by atoms with van der Waals surface area (Å²) in [4.78, 5) is 24.9. The van der Waals surface area contributed by atoms with Gasteiger partial charge in [-0.2, -0.15) is 0 Å². The predicted molar refractivity (Wildman–Crippen MR) is 97.7 cm³/mol. The van der Waals surface area contributed by atoms with Gasteiger partial charge in [0.25, 0.3) is 0 Å². The third-order valence-corrected chi connectivity index (χ3v) is 5.03. The summed E-state index contributed by atoms with van der Waals surface area (Å²) in [5, 5.41) is 18.9. The standard InChI is InChI=1S/C20H29NO5/c1-15-18(22)13-12-17(10-6-3-7-11-19(23)24)21(15)20(25)26-14-16-8-4-2-5-9-16/h2,4-5,8-9,15,17-18,22H,3,6-7,10-14H2,1H3,(H,23,24)/t15-,17+,18-/m0/s1. The third kappa shape index (κ3) is 6.02. The molecular formula is C20H29NO5. The van der Waals surface area contributed by atoms with E-state index >= 15 is 0 Å². The molecule has 0 bridgehead atoms. The molecule has 0 unspecified atom stereocenters. The van der Waals surface area contributed by atoms with Crippen LogP contribution in [0, 0.1) is 0 Å². The van der Waals surface area contributed by atoms with Gasteiger partial charge in [0.05, 0.1) is 12.1 Å². The zero-order valence-corrected chi connectivity index (χ0v) is 15.3. The molecule has 26 heavy (non-hydrogen) atoms. The van der Waals surface area contributed by atoms with Crippen molar-refractivity contribution in [1.29, 1.82) is 0 Å². The largest absolute Gasteiger partial charge is 0.481 e. The molecule has 1 heterocycles. The zero-order chi connectivity index (χ0) is 18.9. The number of ether oxygens (including phenoxy) is 1. The lowest BCUT2D eigenvalue weighted by Crippen LogP contribution is -2.54. The van der Waals surface area contributed by atoms with Gasteiger partial charge in [0.15, 0.2) is 0 Å². The van der Waals surface area contributed by atoms with Gasteiger partial charge < -0.3 is 14.9 Å². The van der Waals surface area contributed by atoms with Crippen LogP contribution in [0.5, 0.6) is 0 Å². The second-order valence-electron chi connectivity index (χ2n) is 6.98. The fourth-order valence-electron chi connectivity index (χ4n) is 3.49. The molecule has 0 aromatic heterocycles. The summed E-state index contributed by atoms with van der Waals surface area (Å²) in [7, 11) is 0. The van der Waals surface area contributed by atoms with Gasteiger partial charge >= 0.3 is 12.1 Å². The van der Waals surface area contributed by atoms with E-state index in [2.05, 4.69) is 0 Å². The Bertz CT molecular complexity index is 577. The number of aliphatic hydroxyl groups excluding tert-OH is 1. The molecule has 1 aliphatic heterocycles. The van der Waals surface area contributed by atoms with Crippen molar-refractivity contribution in [3.05, 3.63) is 35.9 Å². The van der Waals surface area contributed by atoms with Crippen molar-refractivity contribution >= 4 is 12.1 Å². The zero-order valence-electron chi connectivity index (χ0n) is 15.3. The van der Waals surface area contributed by atoms with Gasteiger partial charge in [0.1, 0.15) is 6.61 Å². The molecule has 0 radical (unpaired) electrons. The van der Waals surface area contributed by atoms with Crippen LogP contribution in [-0.4, -0.2) is 45.4 Å². The Morgan fingerprint density at radius 3 is 2.58 bits per heavy atom. The maximum atomic E-state index is 12.6. The van der Waals surface area contributed by atoms with Gasteiger partial charge in [-0.25, -0.2) is 4.79 Å². The summed E-state index contributed by atoms with van der Waals surface area (Å²) in [6.07, 6.45) is 3.81. The van der Waals surface area contributed by atoms with Gasteiger partial charge in [0.2, 0.25) is 0 Å². The Morgan fingerprint density at radius 1 is 1.15 bits per heavy atom. The van der Waals surface area contributed by atoms with Crippen LogP contribution >= 0.6 is 0 Å². The van der Waals surface area contributed by atoms with Crippen molar-refractivity contribution in [1.82, 2.24) is 4.90 Å². The number of aliphatic carboxylic acids is 1. The number of carboxylic acid groups (broad SMARTS) is 1. The average Bonchev–Trinajstić information content (AvgIpc) is 2.63. The van der Waals surface area contributed by atoms with E-state index in [1.807, 2.05) is 37.3 Å². The summed E-state index contributed by atoms with van der Waals surface area (Å²) in [5.74, 6) is -0.773. The summed E-state index contributed by atoms with van der Waals surface area (Å²) in [6.45, 7) is 2.06. The van der Waals surface area contributed by atoms with Crippen molar-refractivity contribution in [2.45, 2.75) is 76.7 Å². The number of carbonyl (C=O) groups excluding carboxylic acids is 1. The molecule has 2 rings (SSSR count). The summed E-state index contributed by atoms with van der Waals surface area (Å²) >= 11 is 0. The summed E-state index contributed by atoms with van der Waals surface area (Å²) in [6, 6.07) is 9.27. The first kappa shape index (κ1) is 20.2. The molecule has 6 nitrogen and oxygen atoms in total. The number of unbranched alkanes of at least 4 members (excludes halogenated alkanes) is 2. The lowest BCUT2D eigenvalue weighted by molar-refractivity contribution is -0.137. The van der Waals surface area contributed by atoms with Crippen LogP contribution in [0.1, 0.15) is 57.4 Å². The number of carboxylic acids is 1. The number of hydrogen-bond acceptors (Lipinski definition) is 4. The number of benzene rings is 1. The monoisotopic (exact) mass is 363 g/mol. The van der Waals surface area contributed by atoms with Crippen LogP contribution in [0.15, 0.2) is 30.3 Å². The van der Waals surface area contributed by atoms with Crippen LogP contribution in [0.2, 0.25) is 0 Å². The number of likely N-dealkylation sites (tertiary alicyclic amines) is 1. The average molecular weight is 363 g/mol. The molecule has 6 heteroatoms. The maximum Gasteiger partial charge on any atom is 0.410 e. The smallest absolute Gasteiger partial charge is 0.410 e. The molecule has 0 saturated carbocycles. The van der Waals surface area contributed by atoms with Gasteiger partial charge in [-0.3, -0.25) is 9.69 Å². The molecule has 1 fully saturated rings. The normalized spacial score (nSPS) is 22.8. The number of rotatable bonds is 8. The van der Waals surface area contributed by atoms with Gasteiger partial charge in [-0.1, -0.05) is 43.2 Å². The molecule has 1 aromatic carbocycles. The van der Waals surface area contributed by atoms with E-state index in [-0.39, 0.29) is 25.1 Å². The molecular weight excluding hydrogens is 334 g/mol. The maximum absolute atomic E-state index is 12.6. The molecule has 144 valence electrons. The van der Waals surface area contributed by atoms with E-state index in [1.54, 1.807) is 4.90 Å². The van der Waals surface area contributed by atoms with Crippen molar-refractivity contribution in [2.75, 3.05) is 0 Å². The van der Waals surface area contributed by atoms with Crippen LogP contribution < -0.4 is 0 Å². The van der Waals surface area contributed by atoms with E-state index in [0.29, 0.717) is 12.8 Å². The van der Waals surface area contributed by atoms with E-state index in [4.69, 9.17) is 9.84 Å².